The molecule has 3 aromatic rings. The van der Waals surface area contributed by atoms with Crippen LogP contribution < -0.4 is 0 Å². The van der Waals surface area contributed by atoms with Gasteiger partial charge >= 0.3 is 0 Å². The normalized spacial score (nSPS) is 11.3. The van der Waals surface area contributed by atoms with Crippen LogP contribution in [0, 0.1) is 0 Å². The van der Waals surface area contributed by atoms with Gasteiger partial charge in [0, 0.05) is 21.8 Å². The Morgan fingerprint density at radius 3 is 1.84 bits per heavy atom. The van der Waals surface area contributed by atoms with Gasteiger partial charge in [-0.3, -0.25) is 4.79 Å². The zero-order valence-corrected chi connectivity index (χ0v) is 15.3. The molecule has 0 aromatic heterocycles. The Kier molecular flexibility index (Phi) is 6.55. The third-order valence-electron chi connectivity index (χ3n) is 3.53. The topological polar surface area (TPSA) is 17.1 Å². The first-order chi connectivity index (χ1) is 12.3. The summed E-state index contributed by atoms with van der Waals surface area (Å²) in [7, 11) is 0. The summed E-state index contributed by atoms with van der Waals surface area (Å²) in [5, 5.41) is 2.08. The summed E-state index contributed by atoms with van der Waals surface area (Å²) in [4.78, 5) is 14.9. The molecular formula is C22H18OS2. The fourth-order valence-electron chi connectivity index (χ4n) is 2.28. The van der Waals surface area contributed by atoms with Crippen molar-refractivity contribution in [1.82, 2.24) is 0 Å². The molecule has 3 heteroatoms. The van der Waals surface area contributed by atoms with E-state index in [1.54, 1.807) is 11.8 Å². The maximum absolute atomic E-state index is 12.8. The number of hydrogen-bond donors (Lipinski definition) is 0. The van der Waals surface area contributed by atoms with Crippen molar-refractivity contribution in [3.8, 4) is 0 Å². The lowest BCUT2D eigenvalue weighted by Crippen LogP contribution is -2.01. The molecule has 0 saturated carbocycles. The summed E-state index contributed by atoms with van der Waals surface area (Å²) < 4.78 is 0. The number of carbonyl (C=O) groups excluding carboxylic acids is 1. The van der Waals surface area contributed by atoms with Crippen molar-refractivity contribution in [1.29, 1.82) is 0 Å². The third kappa shape index (κ3) is 5.66. The Balaban J connectivity index is 1.79. The molecule has 3 aromatic carbocycles. The van der Waals surface area contributed by atoms with Crippen LogP contribution in [-0.4, -0.2) is 5.12 Å². The lowest BCUT2D eigenvalue weighted by atomic mass is 10.1. The second-order valence-corrected chi connectivity index (χ2v) is 7.43. The average Bonchev–Trinajstić information content (AvgIpc) is 2.67. The third-order valence-corrected chi connectivity index (χ3v) is 5.44. The summed E-state index contributed by atoms with van der Waals surface area (Å²) in [6.45, 7) is 0. The second kappa shape index (κ2) is 9.30. The van der Waals surface area contributed by atoms with Crippen LogP contribution in [0.4, 0.5) is 0 Å². The zero-order chi connectivity index (χ0) is 17.3. The van der Waals surface area contributed by atoms with Gasteiger partial charge in [0.1, 0.15) is 0 Å². The minimum Gasteiger partial charge on any atom is -0.282 e. The van der Waals surface area contributed by atoms with Gasteiger partial charge in [-0.25, -0.2) is 0 Å². The highest BCUT2D eigenvalue weighted by atomic mass is 32.2. The molecule has 0 bridgehead atoms. The van der Waals surface area contributed by atoms with Crippen LogP contribution in [0.1, 0.15) is 5.56 Å². The number of benzene rings is 3. The van der Waals surface area contributed by atoms with E-state index in [0.29, 0.717) is 6.42 Å². The summed E-state index contributed by atoms with van der Waals surface area (Å²) in [5.74, 6) is 0. The van der Waals surface area contributed by atoms with Crippen LogP contribution in [0.3, 0.4) is 0 Å². The SMILES string of the molecule is O=C(Sc1ccccc1)/C(=C\Sc1ccccc1)Cc1ccccc1. The van der Waals surface area contributed by atoms with Crippen molar-refractivity contribution >= 4 is 28.6 Å². The molecule has 0 N–H and O–H groups in total. The van der Waals surface area contributed by atoms with Crippen molar-refractivity contribution in [3.05, 3.63) is 108 Å². The van der Waals surface area contributed by atoms with Gasteiger partial charge in [-0.15, -0.1) is 0 Å². The van der Waals surface area contributed by atoms with E-state index < -0.39 is 0 Å². The highest BCUT2D eigenvalue weighted by molar-refractivity contribution is 8.14. The van der Waals surface area contributed by atoms with Gasteiger partial charge in [-0.05, 0) is 47.0 Å². The maximum Gasteiger partial charge on any atom is 0.220 e. The Morgan fingerprint density at radius 2 is 1.24 bits per heavy atom. The lowest BCUT2D eigenvalue weighted by molar-refractivity contribution is -0.107. The largest absolute Gasteiger partial charge is 0.282 e. The Bertz CT molecular complexity index is 828. The molecule has 0 atom stereocenters. The molecule has 124 valence electrons. The summed E-state index contributed by atoms with van der Waals surface area (Å²) in [5.41, 5.74) is 1.96. The first-order valence-corrected chi connectivity index (χ1v) is 9.73. The summed E-state index contributed by atoms with van der Waals surface area (Å²) in [6.07, 6.45) is 0.638. The smallest absolute Gasteiger partial charge is 0.220 e. The molecular weight excluding hydrogens is 344 g/mol. The molecule has 0 aliphatic rings. The number of thioether (sulfide) groups is 2. The minimum absolute atomic E-state index is 0.0958. The number of carbonyl (C=O) groups is 1. The highest BCUT2D eigenvalue weighted by Gasteiger charge is 2.12. The summed E-state index contributed by atoms with van der Waals surface area (Å²) >= 11 is 2.88. The number of rotatable bonds is 6. The average molecular weight is 363 g/mol. The molecule has 1 nitrogen and oxygen atoms in total. The molecule has 0 spiro atoms. The lowest BCUT2D eigenvalue weighted by Gasteiger charge is -2.07. The Labute approximate surface area is 157 Å². The highest BCUT2D eigenvalue weighted by Crippen LogP contribution is 2.27. The van der Waals surface area contributed by atoms with Gasteiger partial charge in [-0.1, -0.05) is 78.5 Å². The van der Waals surface area contributed by atoms with Gasteiger partial charge in [0.2, 0.25) is 5.12 Å². The predicted molar refractivity (Wildman–Crippen MR) is 108 cm³/mol. The van der Waals surface area contributed by atoms with Crippen LogP contribution in [0.2, 0.25) is 0 Å². The van der Waals surface area contributed by atoms with Gasteiger partial charge in [0.15, 0.2) is 0 Å². The first-order valence-electron chi connectivity index (χ1n) is 8.03. The molecule has 0 amide bonds. The molecule has 0 radical (unpaired) electrons. The zero-order valence-electron chi connectivity index (χ0n) is 13.7. The van der Waals surface area contributed by atoms with Crippen molar-refractivity contribution in [2.24, 2.45) is 0 Å². The van der Waals surface area contributed by atoms with E-state index in [4.69, 9.17) is 0 Å². The molecule has 0 saturated heterocycles. The molecule has 0 fully saturated rings. The summed E-state index contributed by atoms with van der Waals surface area (Å²) in [6, 6.07) is 30.0. The molecule has 0 aliphatic carbocycles. The van der Waals surface area contributed by atoms with Gasteiger partial charge in [0.05, 0.1) is 0 Å². The standard InChI is InChI=1S/C22H18OS2/c23-22(25-21-14-8-3-9-15-21)19(16-18-10-4-1-5-11-18)17-24-20-12-6-2-7-13-20/h1-15,17H,16H2/b19-17-. The fraction of sp³-hybridized carbons (Fsp3) is 0.0455. The van der Waals surface area contributed by atoms with E-state index in [-0.39, 0.29) is 5.12 Å². The van der Waals surface area contributed by atoms with Gasteiger partial charge in [-0.2, -0.15) is 0 Å². The number of hydrogen-bond acceptors (Lipinski definition) is 3. The van der Waals surface area contributed by atoms with Crippen molar-refractivity contribution in [3.63, 3.8) is 0 Å². The van der Waals surface area contributed by atoms with Gasteiger partial charge in [0.25, 0.3) is 0 Å². The van der Waals surface area contributed by atoms with Crippen LogP contribution in [-0.2, 0) is 11.2 Å². The minimum atomic E-state index is 0.0958. The maximum atomic E-state index is 12.8. The first kappa shape index (κ1) is 17.6. The van der Waals surface area contributed by atoms with Crippen LogP contribution in [0.5, 0.6) is 0 Å². The monoisotopic (exact) mass is 362 g/mol. The van der Waals surface area contributed by atoms with Gasteiger partial charge < -0.3 is 0 Å². The van der Waals surface area contributed by atoms with Crippen molar-refractivity contribution in [2.45, 2.75) is 16.2 Å². The Hall–Kier alpha value is -2.23. The van der Waals surface area contributed by atoms with Crippen molar-refractivity contribution in [2.75, 3.05) is 0 Å². The fourth-order valence-corrected chi connectivity index (χ4v) is 3.90. The quantitative estimate of drug-likeness (QED) is 0.382. The molecule has 0 aliphatic heterocycles. The van der Waals surface area contributed by atoms with Crippen LogP contribution in [0.25, 0.3) is 0 Å². The van der Waals surface area contributed by atoms with E-state index in [0.717, 1.165) is 20.9 Å². The van der Waals surface area contributed by atoms with E-state index in [1.807, 2.05) is 72.1 Å². The van der Waals surface area contributed by atoms with Crippen LogP contribution in [0.15, 0.2) is 112 Å². The van der Waals surface area contributed by atoms with Crippen molar-refractivity contribution < 1.29 is 4.79 Å². The molecule has 25 heavy (non-hydrogen) atoms. The molecule has 0 heterocycles. The van der Waals surface area contributed by atoms with E-state index in [9.17, 15) is 4.79 Å². The van der Waals surface area contributed by atoms with E-state index >= 15 is 0 Å². The molecule has 3 rings (SSSR count). The van der Waals surface area contributed by atoms with E-state index in [1.165, 1.54) is 11.8 Å². The second-order valence-electron chi connectivity index (χ2n) is 5.44. The Morgan fingerprint density at radius 1 is 0.720 bits per heavy atom. The van der Waals surface area contributed by atoms with E-state index in [2.05, 4.69) is 24.3 Å². The molecule has 0 unspecified atom stereocenters. The van der Waals surface area contributed by atoms with Crippen LogP contribution >= 0.6 is 23.5 Å². The predicted octanol–water partition coefficient (Wildman–Crippen LogP) is 6.22.